The van der Waals surface area contributed by atoms with Gasteiger partial charge in [0.25, 0.3) is 5.91 Å². The first kappa shape index (κ1) is 17.4. The number of rotatable bonds is 5. The van der Waals surface area contributed by atoms with Crippen LogP contribution in [0, 0.1) is 11.3 Å². The summed E-state index contributed by atoms with van der Waals surface area (Å²) in [5, 5.41) is 13.2. The highest BCUT2D eigenvalue weighted by molar-refractivity contribution is 6.05. The summed E-state index contributed by atoms with van der Waals surface area (Å²) in [4.78, 5) is 12.1. The van der Waals surface area contributed by atoms with E-state index in [0.29, 0.717) is 5.39 Å². The maximum absolute atomic E-state index is 12.7. The fourth-order valence-electron chi connectivity index (χ4n) is 2.26. The van der Waals surface area contributed by atoms with Crippen LogP contribution < -0.4 is 10.1 Å². The van der Waals surface area contributed by atoms with Crippen molar-refractivity contribution in [3.05, 3.63) is 47.5 Å². The second-order valence-corrected chi connectivity index (χ2v) is 5.37. The van der Waals surface area contributed by atoms with Crippen molar-refractivity contribution in [2.45, 2.75) is 26.5 Å². The normalized spacial score (nSPS) is 11.6. The third-order valence-corrected chi connectivity index (χ3v) is 3.22. The van der Waals surface area contributed by atoms with Crippen molar-refractivity contribution in [1.82, 2.24) is 5.32 Å². The Hall–Kier alpha value is -2.94. The van der Waals surface area contributed by atoms with Gasteiger partial charge in [-0.05, 0) is 36.8 Å². The number of carbonyl (C=O) groups excluding carboxylic acids is 1. The van der Waals surface area contributed by atoms with E-state index in [2.05, 4.69) is 10.1 Å². The molecule has 0 spiro atoms. The van der Waals surface area contributed by atoms with E-state index in [0.717, 1.165) is 5.39 Å². The Bertz CT molecular complexity index is 823. The number of alkyl halides is 2. The van der Waals surface area contributed by atoms with Crippen LogP contribution in [0.15, 0.2) is 42.0 Å². The molecule has 24 heavy (non-hydrogen) atoms. The Morgan fingerprint density at radius 1 is 1.25 bits per heavy atom. The summed E-state index contributed by atoms with van der Waals surface area (Å²) in [6, 6.07) is 11.8. The van der Waals surface area contributed by atoms with Crippen molar-refractivity contribution in [2.24, 2.45) is 0 Å². The van der Waals surface area contributed by atoms with Crippen LogP contribution in [0.4, 0.5) is 8.78 Å². The predicted octanol–water partition coefficient (Wildman–Crippen LogP) is 3.87. The first-order valence-corrected chi connectivity index (χ1v) is 7.31. The van der Waals surface area contributed by atoms with E-state index in [4.69, 9.17) is 0 Å². The van der Waals surface area contributed by atoms with E-state index in [9.17, 15) is 18.8 Å². The highest BCUT2D eigenvalue weighted by Crippen LogP contribution is 2.31. The van der Waals surface area contributed by atoms with E-state index in [1.54, 1.807) is 50.2 Å². The number of nitrogens with one attached hydrogen (secondary N) is 1. The van der Waals surface area contributed by atoms with Crippen LogP contribution in [-0.4, -0.2) is 18.6 Å². The number of carbonyl (C=O) groups is 1. The molecule has 2 rings (SSSR count). The van der Waals surface area contributed by atoms with Crippen molar-refractivity contribution in [2.75, 3.05) is 0 Å². The lowest BCUT2D eigenvalue weighted by molar-refractivity contribution is -0.117. The first-order chi connectivity index (χ1) is 11.4. The van der Waals surface area contributed by atoms with Crippen LogP contribution in [0.2, 0.25) is 0 Å². The molecule has 0 unspecified atom stereocenters. The highest BCUT2D eigenvalue weighted by atomic mass is 19.3. The maximum Gasteiger partial charge on any atom is 0.387 e. The number of ether oxygens (including phenoxy) is 1. The largest absolute Gasteiger partial charge is 0.434 e. The molecule has 1 N–H and O–H groups in total. The van der Waals surface area contributed by atoms with Crippen molar-refractivity contribution in [3.63, 3.8) is 0 Å². The fraction of sp³-hybridized carbons (Fsp3) is 0.222. The first-order valence-electron chi connectivity index (χ1n) is 7.31. The minimum absolute atomic E-state index is 0.0891. The number of hydrogen-bond acceptors (Lipinski definition) is 3. The molecule has 0 radical (unpaired) electrons. The molecule has 0 aliphatic heterocycles. The molecule has 2 aromatic carbocycles. The van der Waals surface area contributed by atoms with E-state index in [1.807, 2.05) is 0 Å². The molecule has 0 aromatic heterocycles. The summed E-state index contributed by atoms with van der Waals surface area (Å²) < 4.78 is 29.9. The molecule has 0 atom stereocenters. The number of nitrogens with zero attached hydrogens (tertiary/aromatic N) is 1. The zero-order chi connectivity index (χ0) is 17.7. The molecule has 1 amide bonds. The number of nitriles is 1. The van der Waals surface area contributed by atoms with Gasteiger partial charge < -0.3 is 10.1 Å². The van der Waals surface area contributed by atoms with Gasteiger partial charge in [-0.3, -0.25) is 4.79 Å². The molecule has 0 saturated heterocycles. The third-order valence-electron chi connectivity index (χ3n) is 3.22. The van der Waals surface area contributed by atoms with Crippen LogP contribution in [-0.2, 0) is 4.79 Å². The summed E-state index contributed by atoms with van der Waals surface area (Å²) in [5.41, 5.74) is 0.0861. The second kappa shape index (κ2) is 7.55. The molecule has 2 aromatic rings. The lowest BCUT2D eigenvalue weighted by atomic mass is 10.0. The van der Waals surface area contributed by atoms with Gasteiger partial charge in [0.05, 0.1) is 0 Å². The van der Waals surface area contributed by atoms with Crippen LogP contribution in [0.5, 0.6) is 5.75 Å². The van der Waals surface area contributed by atoms with E-state index in [1.165, 1.54) is 12.1 Å². The monoisotopic (exact) mass is 330 g/mol. The van der Waals surface area contributed by atoms with Gasteiger partial charge in [0.2, 0.25) is 0 Å². The summed E-state index contributed by atoms with van der Waals surface area (Å²) in [6.45, 7) is 0.514. The molecular weight excluding hydrogens is 314 g/mol. The summed E-state index contributed by atoms with van der Waals surface area (Å²) >= 11 is 0. The van der Waals surface area contributed by atoms with Gasteiger partial charge in [-0.1, -0.05) is 30.3 Å². The van der Waals surface area contributed by atoms with E-state index < -0.39 is 12.5 Å². The Morgan fingerprint density at radius 3 is 2.58 bits per heavy atom. The topological polar surface area (TPSA) is 62.1 Å². The minimum Gasteiger partial charge on any atom is -0.434 e. The second-order valence-electron chi connectivity index (χ2n) is 5.37. The Kier molecular flexibility index (Phi) is 5.48. The van der Waals surface area contributed by atoms with E-state index >= 15 is 0 Å². The van der Waals surface area contributed by atoms with E-state index in [-0.39, 0.29) is 22.9 Å². The number of halogens is 2. The molecular formula is C18H16F2N2O2. The Balaban J connectivity index is 2.61. The SMILES string of the molecule is CC(C)NC(=O)/C(C#N)=C/c1c(OC(F)F)ccc2ccccc12. The quantitative estimate of drug-likeness (QED) is 0.668. The van der Waals surface area contributed by atoms with Crippen molar-refractivity contribution >= 4 is 22.8 Å². The molecule has 0 aliphatic rings. The van der Waals surface area contributed by atoms with Gasteiger partial charge >= 0.3 is 6.61 Å². The molecule has 0 fully saturated rings. The smallest absolute Gasteiger partial charge is 0.387 e. The zero-order valence-corrected chi connectivity index (χ0v) is 13.2. The molecule has 0 aliphatic carbocycles. The van der Waals surface area contributed by atoms with Crippen LogP contribution in [0.3, 0.4) is 0 Å². The molecule has 0 heterocycles. The van der Waals surface area contributed by atoms with Crippen molar-refractivity contribution < 1.29 is 18.3 Å². The Morgan fingerprint density at radius 2 is 1.96 bits per heavy atom. The van der Waals surface area contributed by atoms with Crippen LogP contribution >= 0.6 is 0 Å². The summed E-state index contributed by atoms with van der Waals surface area (Å²) in [6.07, 6.45) is 1.28. The van der Waals surface area contributed by atoms with Gasteiger partial charge in [0.1, 0.15) is 17.4 Å². The van der Waals surface area contributed by atoms with Crippen molar-refractivity contribution in [3.8, 4) is 11.8 Å². The van der Waals surface area contributed by atoms with Crippen LogP contribution in [0.1, 0.15) is 19.4 Å². The lowest BCUT2D eigenvalue weighted by Gasteiger charge is -2.12. The standard InChI is InChI=1S/C18H16F2N2O2/c1-11(2)22-17(23)13(10-21)9-15-14-6-4-3-5-12(14)7-8-16(15)24-18(19)20/h3-9,11,18H,1-2H3,(H,22,23)/b13-9+. The molecule has 6 heteroatoms. The average molecular weight is 330 g/mol. The average Bonchev–Trinajstić information content (AvgIpc) is 2.52. The fourth-order valence-corrected chi connectivity index (χ4v) is 2.26. The predicted molar refractivity (Wildman–Crippen MR) is 87.4 cm³/mol. The zero-order valence-electron chi connectivity index (χ0n) is 13.2. The lowest BCUT2D eigenvalue weighted by Crippen LogP contribution is -2.30. The van der Waals surface area contributed by atoms with Crippen LogP contribution in [0.25, 0.3) is 16.8 Å². The van der Waals surface area contributed by atoms with Gasteiger partial charge in [0, 0.05) is 11.6 Å². The van der Waals surface area contributed by atoms with Gasteiger partial charge in [-0.2, -0.15) is 14.0 Å². The number of benzene rings is 2. The molecule has 4 nitrogen and oxygen atoms in total. The number of amides is 1. The summed E-state index contributed by atoms with van der Waals surface area (Å²) in [7, 11) is 0. The Labute approximate surface area is 138 Å². The molecule has 0 saturated carbocycles. The van der Waals surface area contributed by atoms with Gasteiger partial charge in [0.15, 0.2) is 0 Å². The third kappa shape index (κ3) is 4.07. The van der Waals surface area contributed by atoms with Gasteiger partial charge in [-0.25, -0.2) is 0 Å². The molecule has 0 bridgehead atoms. The minimum atomic E-state index is -3.01. The highest BCUT2D eigenvalue weighted by Gasteiger charge is 2.15. The molecule has 124 valence electrons. The summed E-state index contributed by atoms with van der Waals surface area (Å²) in [5.74, 6) is -0.655. The van der Waals surface area contributed by atoms with Crippen molar-refractivity contribution in [1.29, 1.82) is 5.26 Å². The number of hydrogen-bond donors (Lipinski definition) is 1. The van der Waals surface area contributed by atoms with Gasteiger partial charge in [-0.15, -0.1) is 0 Å². The number of fused-ring (bicyclic) bond motifs is 1. The maximum atomic E-state index is 12.7.